The third kappa shape index (κ3) is 14.8. The SMILES string of the molecule is CCCNC(=O)c1ccc(-n2cc(-c3cnc(N)c4ccccc34)nn2)cc1.NC(=NO)c1ccc(-c2ccn(-c3cnc(N)c4ccccc34)n2)cc1.NC(=NO)c1ccc(-c2cnn(-c3cnc(N)c4ccccc34)c2)cc1.NC(=NO)c1ccc(-n2cc(-c3cnc(N)c4ccccc34)nn2)cc1. The number of nitrogen functional groups attached to an aromatic ring is 4. The number of nitrogens with one attached hydrogen (secondary N) is 1. The van der Waals surface area contributed by atoms with Crippen LogP contribution in [0.4, 0.5) is 23.3 Å². The Kier molecular flexibility index (Phi) is 20.2. The second-order valence-electron chi connectivity index (χ2n) is 23.7. The van der Waals surface area contributed by atoms with Crippen molar-refractivity contribution in [3.8, 4) is 67.6 Å². The predicted octanol–water partition coefficient (Wildman–Crippen LogP) is 10.9. The number of oxime groups is 3. The Labute approximate surface area is 603 Å². The van der Waals surface area contributed by atoms with E-state index in [1.807, 2.05) is 183 Å². The van der Waals surface area contributed by atoms with E-state index in [1.54, 1.807) is 98.2 Å². The van der Waals surface area contributed by atoms with Gasteiger partial charge >= 0.3 is 0 Å². The third-order valence-corrected chi connectivity index (χ3v) is 17.1. The van der Waals surface area contributed by atoms with E-state index in [0.29, 0.717) is 63.5 Å². The van der Waals surface area contributed by atoms with Gasteiger partial charge in [0, 0.05) is 108 Å². The fraction of sp³-hybridized carbons (Fsp3) is 0.0390. The summed E-state index contributed by atoms with van der Waals surface area (Å²) in [6.45, 7) is 2.68. The average Bonchev–Trinajstić information content (AvgIpc) is 1.46. The minimum absolute atomic E-state index is 0.0512. The van der Waals surface area contributed by atoms with E-state index in [2.05, 4.69) is 71.5 Å². The topological polar surface area (TPSA) is 458 Å². The van der Waals surface area contributed by atoms with Gasteiger partial charge in [-0.1, -0.05) is 178 Å². The van der Waals surface area contributed by atoms with Gasteiger partial charge in [0.25, 0.3) is 5.91 Å². The first kappa shape index (κ1) is 69.1. The van der Waals surface area contributed by atoms with Crippen LogP contribution >= 0.6 is 0 Å². The molecule has 0 radical (unpaired) electrons. The summed E-state index contributed by atoms with van der Waals surface area (Å²) < 4.78 is 6.88. The Morgan fingerprint density at radius 1 is 0.396 bits per heavy atom. The summed E-state index contributed by atoms with van der Waals surface area (Å²) in [5.41, 5.74) is 53.3. The third-order valence-electron chi connectivity index (χ3n) is 17.1. The van der Waals surface area contributed by atoms with Gasteiger partial charge in [0.1, 0.15) is 34.7 Å². The van der Waals surface area contributed by atoms with Crippen molar-refractivity contribution in [2.24, 2.45) is 32.7 Å². The van der Waals surface area contributed by atoms with E-state index in [9.17, 15) is 4.79 Å². The number of amides is 1. The molecule has 0 saturated heterocycles. The fourth-order valence-corrected chi connectivity index (χ4v) is 11.6. The van der Waals surface area contributed by atoms with Gasteiger partial charge in [0.2, 0.25) is 0 Å². The average molecular weight is 1410 g/mol. The number of carbonyl (C=O) groups excluding carboxylic acids is 1. The summed E-state index contributed by atoms with van der Waals surface area (Å²) in [6.07, 6.45) is 17.0. The van der Waals surface area contributed by atoms with E-state index in [1.165, 1.54) is 0 Å². The van der Waals surface area contributed by atoms with Crippen LogP contribution in [-0.4, -0.2) is 115 Å². The Morgan fingerprint density at radius 2 is 0.774 bits per heavy atom. The molecule has 1 amide bonds. The molecule has 29 heteroatoms. The number of anilines is 4. The lowest BCUT2D eigenvalue weighted by molar-refractivity contribution is 0.0953. The summed E-state index contributed by atoms with van der Waals surface area (Å²) >= 11 is 0. The van der Waals surface area contributed by atoms with Gasteiger partial charge in [-0.15, -0.1) is 10.2 Å². The monoisotopic (exact) mass is 1410 g/mol. The number of fused-ring (bicyclic) bond motifs is 4. The largest absolute Gasteiger partial charge is 0.409 e. The quantitative estimate of drug-likeness (QED) is 0.0208. The summed E-state index contributed by atoms with van der Waals surface area (Å²) in [4.78, 5) is 29.1. The number of benzene rings is 8. The first-order chi connectivity index (χ1) is 51.7. The molecule has 0 bridgehead atoms. The van der Waals surface area contributed by atoms with Gasteiger partial charge < -0.3 is 61.1 Å². The number of rotatable bonds is 14. The molecule has 0 atom stereocenters. The molecular weight excluding hydrogens is 1340 g/mol. The number of hydrogen-bond acceptors (Lipinski definition) is 21. The Balaban J connectivity index is 0.000000125. The molecule has 0 aliphatic rings. The van der Waals surface area contributed by atoms with Crippen LogP contribution in [0.5, 0.6) is 0 Å². The highest BCUT2D eigenvalue weighted by Crippen LogP contribution is 2.33. The molecule has 0 fully saturated rings. The minimum Gasteiger partial charge on any atom is -0.409 e. The van der Waals surface area contributed by atoms with Gasteiger partial charge in [0.05, 0.1) is 59.4 Å². The highest BCUT2D eigenvalue weighted by atomic mass is 16.4. The van der Waals surface area contributed by atoms with Crippen molar-refractivity contribution in [1.82, 2.24) is 74.8 Å². The lowest BCUT2D eigenvalue weighted by Crippen LogP contribution is -2.23. The van der Waals surface area contributed by atoms with Crippen molar-refractivity contribution in [3.63, 3.8) is 0 Å². The zero-order chi connectivity index (χ0) is 73.8. The molecule has 0 saturated carbocycles. The van der Waals surface area contributed by atoms with Gasteiger partial charge in [0.15, 0.2) is 17.5 Å². The van der Waals surface area contributed by atoms with Gasteiger partial charge in [-0.2, -0.15) is 10.2 Å². The normalized spacial score (nSPS) is 11.5. The van der Waals surface area contributed by atoms with Crippen LogP contribution in [0.15, 0.2) is 271 Å². The predicted molar refractivity (Wildman–Crippen MR) is 411 cm³/mol. The standard InChI is InChI=1S/C21H20N6O.2C19H16N6O.C18H15N7O/c1-2-11-23-21(28)14-7-9-15(10-8-14)27-13-19(25-26-27)18-12-24-20(22)17-6-4-3-5-16(17)18;20-18(24-26)13-7-5-12(6-8-13)14-9-23-25(11-14)17-10-22-19(21)16-4-2-1-3-15(16)17;20-18(24-26)13-7-5-12(6-8-13)16-9-10-25(23-16)17-11-22-19(21)15-4-2-1-3-14(15)17;19-17(23-26)11-5-7-12(8-6-11)25-10-16(22-24-25)15-9-21-18(20)14-4-2-1-3-13(14)15/h3-10,12-13H,2,11H2,1H3,(H2,22,24)(H,23,28);2*1-11,26H,(H2,20,24)(H2,21,22);1-10,26H,(H2,19,23)(H2,20,21). The van der Waals surface area contributed by atoms with Crippen molar-refractivity contribution < 1.29 is 20.4 Å². The second kappa shape index (κ2) is 31.0. The van der Waals surface area contributed by atoms with Crippen LogP contribution in [0, 0.1) is 0 Å². The zero-order valence-corrected chi connectivity index (χ0v) is 56.6. The number of carbonyl (C=O) groups is 1. The Morgan fingerprint density at radius 3 is 1.21 bits per heavy atom. The van der Waals surface area contributed by atoms with Crippen molar-refractivity contribution >= 4 is 89.8 Å². The van der Waals surface area contributed by atoms with Crippen molar-refractivity contribution in [2.75, 3.05) is 29.5 Å². The lowest BCUT2D eigenvalue weighted by atomic mass is 10.1. The van der Waals surface area contributed by atoms with E-state index >= 15 is 0 Å². The molecule has 106 heavy (non-hydrogen) atoms. The molecular formula is C77H67N25O4. The second-order valence-corrected chi connectivity index (χ2v) is 23.7. The van der Waals surface area contributed by atoms with Crippen molar-refractivity contribution in [1.29, 1.82) is 0 Å². The van der Waals surface area contributed by atoms with Crippen LogP contribution < -0.4 is 45.5 Å². The molecule has 8 aromatic carbocycles. The highest BCUT2D eigenvalue weighted by molar-refractivity contribution is 6.03. The van der Waals surface area contributed by atoms with Gasteiger partial charge in [-0.05, 0) is 77.4 Å². The molecule has 8 heterocycles. The van der Waals surface area contributed by atoms with Crippen molar-refractivity contribution in [3.05, 3.63) is 278 Å². The molecule has 8 aromatic heterocycles. The van der Waals surface area contributed by atoms with Gasteiger partial charge in [-0.3, -0.25) is 4.79 Å². The highest BCUT2D eigenvalue weighted by Gasteiger charge is 2.17. The number of aromatic nitrogens is 14. The van der Waals surface area contributed by atoms with Crippen LogP contribution in [0.1, 0.15) is 40.4 Å². The lowest BCUT2D eigenvalue weighted by Gasteiger charge is -2.08. The summed E-state index contributed by atoms with van der Waals surface area (Å²) in [7, 11) is 0. The smallest absolute Gasteiger partial charge is 0.251 e. The van der Waals surface area contributed by atoms with E-state index in [0.717, 1.165) is 106 Å². The zero-order valence-electron chi connectivity index (χ0n) is 56.6. The van der Waals surface area contributed by atoms with Gasteiger partial charge in [-0.25, -0.2) is 38.7 Å². The molecule has 16 rings (SSSR count). The number of amidine groups is 3. The number of hydrogen-bond donors (Lipinski definition) is 11. The molecule has 0 aliphatic heterocycles. The molecule has 524 valence electrons. The molecule has 0 spiro atoms. The van der Waals surface area contributed by atoms with E-state index in [4.69, 9.17) is 55.8 Å². The maximum absolute atomic E-state index is 12.0. The summed E-state index contributed by atoms with van der Waals surface area (Å²) in [5.74, 6) is 2.08. The Bertz CT molecular complexity index is 5500. The number of nitrogens with two attached hydrogens (primary N) is 7. The number of nitrogens with zero attached hydrogens (tertiary/aromatic N) is 17. The number of pyridine rings is 4. The summed E-state index contributed by atoms with van der Waals surface area (Å²) in [5, 5.41) is 71.6. The first-order valence-corrected chi connectivity index (χ1v) is 32.8. The molecule has 18 N–H and O–H groups in total. The maximum atomic E-state index is 12.0. The summed E-state index contributed by atoms with van der Waals surface area (Å²) in [6, 6.07) is 62.2. The minimum atomic E-state index is -0.0768. The molecule has 16 aromatic rings. The molecule has 0 aliphatic carbocycles. The van der Waals surface area contributed by atoms with Crippen LogP contribution in [0.3, 0.4) is 0 Å². The molecule has 29 nitrogen and oxygen atoms in total. The maximum Gasteiger partial charge on any atom is 0.251 e. The van der Waals surface area contributed by atoms with Crippen molar-refractivity contribution in [2.45, 2.75) is 13.3 Å². The van der Waals surface area contributed by atoms with Crippen LogP contribution in [-0.2, 0) is 0 Å². The molecule has 0 unspecified atom stereocenters. The van der Waals surface area contributed by atoms with Crippen LogP contribution in [0.25, 0.3) is 111 Å². The van der Waals surface area contributed by atoms with Crippen LogP contribution in [0.2, 0.25) is 0 Å². The fourth-order valence-electron chi connectivity index (χ4n) is 11.6. The van der Waals surface area contributed by atoms with E-state index in [-0.39, 0.29) is 23.4 Å². The van der Waals surface area contributed by atoms with E-state index < -0.39 is 0 Å². The Hall–Kier alpha value is -15.4. The first-order valence-electron chi connectivity index (χ1n) is 32.8.